The maximum Gasteiger partial charge on any atom is 0.169 e. The number of rotatable bonds is 3. The maximum absolute atomic E-state index is 12.9. The van der Waals surface area contributed by atoms with Gasteiger partial charge >= 0.3 is 0 Å². The van der Waals surface area contributed by atoms with Crippen LogP contribution in [0.15, 0.2) is 18.2 Å². The Morgan fingerprint density at radius 3 is 2.52 bits per heavy atom. The molecule has 21 heavy (non-hydrogen) atoms. The van der Waals surface area contributed by atoms with E-state index in [0.29, 0.717) is 11.3 Å². The molecule has 3 nitrogen and oxygen atoms in total. The Balaban J connectivity index is 1.86. The molecular formula is C17H22O3S. The smallest absolute Gasteiger partial charge is 0.169 e. The molecule has 2 heterocycles. The van der Waals surface area contributed by atoms with Crippen LogP contribution in [0.3, 0.4) is 0 Å². The molecule has 3 rings (SSSR count). The highest BCUT2D eigenvalue weighted by Gasteiger charge is 2.41. The van der Waals surface area contributed by atoms with Crippen LogP contribution in [0.2, 0.25) is 0 Å². The van der Waals surface area contributed by atoms with E-state index < -0.39 is 10.8 Å². The van der Waals surface area contributed by atoms with Gasteiger partial charge in [0.1, 0.15) is 5.75 Å². The van der Waals surface area contributed by atoms with Gasteiger partial charge < -0.3 is 4.74 Å². The standard InChI is InChI=1S/C17H22O3S/c1-11-6-7-16(20-2)15(8-11)17(18)12-9-13-4-3-5-14(10-12)21(13)19/h6-8,12-14H,3-5,9-10H2,1-2H3. The summed E-state index contributed by atoms with van der Waals surface area (Å²) in [5.41, 5.74) is 1.76. The van der Waals surface area contributed by atoms with E-state index in [9.17, 15) is 9.00 Å². The van der Waals surface area contributed by atoms with E-state index in [0.717, 1.165) is 37.7 Å². The normalized spacial score (nSPS) is 31.7. The summed E-state index contributed by atoms with van der Waals surface area (Å²) in [6.45, 7) is 1.99. The summed E-state index contributed by atoms with van der Waals surface area (Å²) in [4.78, 5) is 12.9. The van der Waals surface area contributed by atoms with Gasteiger partial charge in [0.05, 0.1) is 12.7 Å². The molecule has 1 aromatic carbocycles. The van der Waals surface area contributed by atoms with Crippen molar-refractivity contribution >= 4 is 16.6 Å². The van der Waals surface area contributed by atoms with E-state index >= 15 is 0 Å². The first-order valence-corrected chi connectivity index (χ1v) is 8.96. The van der Waals surface area contributed by atoms with Crippen LogP contribution in [0.5, 0.6) is 5.75 Å². The first-order chi connectivity index (χ1) is 10.1. The number of aryl methyl sites for hydroxylation is 1. The summed E-state index contributed by atoms with van der Waals surface area (Å²) in [5.74, 6) is 0.834. The Kier molecular flexibility index (Phi) is 4.16. The SMILES string of the molecule is COc1ccc(C)cc1C(=O)C1CC2CCCC(C1)S2=O. The van der Waals surface area contributed by atoms with Gasteiger partial charge in [-0.2, -0.15) is 0 Å². The van der Waals surface area contributed by atoms with E-state index in [1.807, 2.05) is 25.1 Å². The zero-order valence-electron chi connectivity index (χ0n) is 12.6. The molecular weight excluding hydrogens is 284 g/mol. The van der Waals surface area contributed by atoms with Gasteiger partial charge in [-0.15, -0.1) is 0 Å². The average Bonchev–Trinajstić information content (AvgIpc) is 2.46. The number of ether oxygens (including phenoxy) is 1. The fourth-order valence-corrected chi connectivity index (χ4v) is 5.87. The van der Waals surface area contributed by atoms with Crippen molar-refractivity contribution in [2.75, 3.05) is 7.11 Å². The van der Waals surface area contributed by atoms with Gasteiger partial charge in [-0.05, 0) is 44.7 Å². The fraction of sp³-hybridized carbons (Fsp3) is 0.588. The van der Waals surface area contributed by atoms with Crippen LogP contribution in [0.4, 0.5) is 0 Å². The van der Waals surface area contributed by atoms with Gasteiger partial charge in [-0.25, -0.2) is 0 Å². The van der Waals surface area contributed by atoms with Crippen molar-refractivity contribution in [3.8, 4) is 5.75 Å². The Labute approximate surface area is 128 Å². The van der Waals surface area contributed by atoms with Crippen molar-refractivity contribution in [1.29, 1.82) is 0 Å². The topological polar surface area (TPSA) is 43.4 Å². The van der Waals surface area contributed by atoms with E-state index in [1.165, 1.54) is 0 Å². The predicted molar refractivity (Wildman–Crippen MR) is 84.4 cm³/mol. The molecule has 0 aromatic heterocycles. The lowest BCUT2D eigenvalue weighted by atomic mass is 9.84. The summed E-state index contributed by atoms with van der Waals surface area (Å²) in [6.07, 6.45) is 4.74. The molecule has 114 valence electrons. The number of methoxy groups -OCH3 is 1. The maximum atomic E-state index is 12.9. The molecule has 2 bridgehead atoms. The Morgan fingerprint density at radius 1 is 1.24 bits per heavy atom. The highest BCUT2D eigenvalue weighted by Crippen LogP contribution is 2.39. The van der Waals surface area contributed by atoms with Crippen LogP contribution in [0, 0.1) is 12.8 Å². The number of carbonyl (C=O) groups is 1. The lowest BCUT2D eigenvalue weighted by Gasteiger charge is -2.37. The third-order valence-corrected chi connectivity index (χ3v) is 6.97. The van der Waals surface area contributed by atoms with Crippen LogP contribution in [-0.2, 0) is 10.8 Å². The van der Waals surface area contributed by atoms with Crippen molar-refractivity contribution in [3.05, 3.63) is 29.3 Å². The van der Waals surface area contributed by atoms with E-state index in [1.54, 1.807) is 7.11 Å². The summed E-state index contributed by atoms with van der Waals surface area (Å²) in [5, 5.41) is 0.449. The second-order valence-electron chi connectivity index (χ2n) is 6.24. The first kappa shape index (κ1) is 14.8. The van der Waals surface area contributed by atoms with E-state index in [4.69, 9.17) is 4.74 Å². The van der Waals surface area contributed by atoms with Crippen LogP contribution >= 0.6 is 0 Å². The Morgan fingerprint density at radius 2 is 1.90 bits per heavy atom. The molecule has 2 fully saturated rings. The number of Topliss-reactive ketones (excluding diaryl/α,β-unsaturated/α-hetero) is 1. The van der Waals surface area contributed by atoms with Crippen molar-refractivity contribution in [3.63, 3.8) is 0 Å². The van der Waals surface area contributed by atoms with Crippen molar-refractivity contribution in [2.24, 2.45) is 5.92 Å². The number of benzene rings is 1. The summed E-state index contributed by atoms with van der Waals surface area (Å²) >= 11 is 0. The second kappa shape index (κ2) is 5.91. The number of fused-ring (bicyclic) bond motifs is 2. The average molecular weight is 306 g/mol. The molecule has 2 atom stereocenters. The summed E-state index contributed by atoms with van der Waals surface area (Å²) in [6, 6.07) is 5.74. The molecule has 0 saturated carbocycles. The molecule has 2 aliphatic heterocycles. The summed E-state index contributed by atoms with van der Waals surface area (Å²) in [7, 11) is 0.879. The predicted octanol–water partition coefficient (Wildman–Crippen LogP) is 3.27. The Bertz CT molecular complexity index is 565. The third kappa shape index (κ3) is 2.78. The third-order valence-electron chi connectivity index (χ3n) is 4.80. The molecule has 2 unspecified atom stereocenters. The van der Waals surface area contributed by atoms with Crippen LogP contribution in [-0.4, -0.2) is 27.6 Å². The van der Waals surface area contributed by atoms with Gasteiger partial charge in [0.2, 0.25) is 0 Å². The molecule has 2 saturated heterocycles. The van der Waals surface area contributed by atoms with Crippen LogP contribution in [0.25, 0.3) is 0 Å². The molecule has 0 N–H and O–H groups in total. The lowest BCUT2D eigenvalue weighted by Crippen LogP contribution is -2.41. The number of ketones is 1. The van der Waals surface area contributed by atoms with Gasteiger partial charge in [0.25, 0.3) is 0 Å². The zero-order valence-corrected chi connectivity index (χ0v) is 13.4. The van der Waals surface area contributed by atoms with Crippen molar-refractivity contribution in [2.45, 2.75) is 49.5 Å². The van der Waals surface area contributed by atoms with E-state index in [2.05, 4.69) is 0 Å². The van der Waals surface area contributed by atoms with Crippen LogP contribution < -0.4 is 4.74 Å². The minimum atomic E-state index is -0.725. The Hall–Kier alpha value is -1.16. The van der Waals surface area contributed by atoms with E-state index in [-0.39, 0.29) is 22.2 Å². The monoisotopic (exact) mass is 306 g/mol. The largest absolute Gasteiger partial charge is 0.496 e. The van der Waals surface area contributed by atoms with Gasteiger partial charge in [0, 0.05) is 27.2 Å². The number of hydrogen-bond acceptors (Lipinski definition) is 3. The fourth-order valence-electron chi connectivity index (χ4n) is 3.68. The molecule has 0 aliphatic carbocycles. The van der Waals surface area contributed by atoms with Gasteiger partial charge in [-0.1, -0.05) is 18.1 Å². The molecule has 1 aromatic rings. The first-order valence-electron chi connectivity index (χ1n) is 7.68. The zero-order chi connectivity index (χ0) is 15.0. The van der Waals surface area contributed by atoms with Gasteiger partial charge in [-0.3, -0.25) is 9.00 Å². The highest BCUT2D eigenvalue weighted by atomic mass is 32.2. The lowest BCUT2D eigenvalue weighted by molar-refractivity contribution is 0.0892. The highest BCUT2D eigenvalue weighted by molar-refractivity contribution is 7.86. The minimum Gasteiger partial charge on any atom is -0.496 e. The number of carbonyl (C=O) groups excluding carboxylic acids is 1. The molecule has 0 amide bonds. The minimum absolute atomic E-state index is 0.00806. The molecule has 4 heteroatoms. The second-order valence-corrected chi connectivity index (χ2v) is 8.23. The quantitative estimate of drug-likeness (QED) is 0.805. The summed E-state index contributed by atoms with van der Waals surface area (Å²) < 4.78 is 17.6. The van der Waals surface area contributed by atoms with Crippen LogP contribution in [0.1, 0.15) is 48.0 Å². The van der Waals surface area contributed by atoms with Crippen molar-refractivity contribution in [1.82, 2.24) is 0 Å². The van der Waals surface area contributed by atoms with Crippen molar-refractivity contribution < 1.29 is 13.7 Å². The number of hydrogen-bond donors (Lipinski definition) is 0. The molecule has 2 aliphatic rings. The molecule has 0 spiro atoms. The van der Waals surface area contributed by atoms with Gasteiger partial charge in [0.15, 0.2) is 5.78 Å². The molecule has 0 radical (unpaired) electrons.